The fourth-order valence-corrected chi connectivity index (χ4v) is 5.17. The van der Waals surface area contributed by atoms with E-state index in [1.165, 1.54) is 28.1 Å². The molecular weight excluding hydrogens is 391 g/mol. The summed E-state index contributed by atoms with van der Waals surface area (Å²) in [6.45, 7) is 3.17. The summed E-state index contributed by atoms with van der Waals surface area (Å²) in [4.78, 5) is 12.5. The summed E-state index contributed by atoms with van der Waals surface area (Å²) in [6.07, 6.45) is 0.949. The molecule has 1 atom stereocenters. The normalized spacial score (nSPS) is 17.0. The quantitative estimate of drug-likeness (QED) is 0.750. The summed E-state index contributed by atoms with van der Waals surface area (Å²) in [5, 5.41) is 3.00. The van der Waals surface area contributed by atoms with Gasteiger partial charge in [-0.25, -0.2) is 17.1 Å². The van der Waals surface area contributed by atoms with Crippen LogP contribution in [0.25, 0.3) is 0 Å². The van der Waals surface area contributed by atoms with Gasteiger partial charge in [0.2, 0.25) is 15.9 Å². The standard InChI is InChI=1S/C22H27FN2O3S/c1-17(18-7-3-2-4-8-18)15-24-22(26)19-11-13-25(14-12-19)29(27,28)16-20-9-5-6-10-21(20)23/h2-10,17,19H,11-16H2,1H3,(H,24,26)/t17-/m0/s1. The second kappa shape index (κ2) is 9.50. The minimum atomic E-state index is -3.61. The number of carbonyl (C=O) groups excluding carboxylic acids is 1. The predicted octanol–water partition coefficient (Wildman–Crippen LogP) is 3.29. The van der Waals surface area contributed by atoms with Crippen LogP contribution in [0.4, 0.5) is 4.39 Å². The summed E-state index contributed by atoms with van der Waals surface area (Å²) in [5.41, 5.74) is 1.34. The molecule has 1 aliphatic heterocycles. The number of rotatable bonds is 7. The number of benzene rings is 2. The van der Waals surface area contributed by atoms with E-state index in [-0.39, 0.29) is 42.1 Å². The van der Waals surface area contributed by atoms with E-state index in [1.54, 1.807) is 6.07 Å². The zero-order valence-electron chi connectivity index (χ0n) is 16.6. The van der Waals surface area contributed by atoms with Gasteiger partial charge >= 0.3 is 0 Å². The number of sulfonamides is 1. The number of nitrogens with one attached hydrogen (secondary N) is 1. The van der Waals surface area contributed by atoms with E-state index in [1.807, 2.05) is 30.3 Å². The Bertz CT molecular complexity index is 926. The minimum Gasteiger partial charge on any atom is -0.355 e. The van der Waals surface area contributed by atoms with Gasteiger partial charge in [-0.1, -0.05) is 55.5 Å². The number of carbonyl (C=O) groups is 1. The highest BCUT2D eigenvalue weighted by molar-refractivity contribution is 7.88. The summed E-state index contributed by atoms with van der Waals surface area (Å²) in [7, 11) is -3.61. The maximum Gasteiger partial charge on any atom is 0.223 e. The molecule has 1 amide bonds. The Balaban J connectivity index is 1.49. The molecular formula is C22H27FN2O3S. The maximum atomic E-state index is 13.8. The van der Waals surface area contributed by atoms with Gasteiger partial charge in [0.05, 0.1) is 5.75 Å². The largest absolute Gasteiger partial charge is 0.355 e. The fourth-order valence-electron chi connectivity index (χ4n) is 3.60. The van der Waals surface area contributed by atoms with Gasteiger partial charge in [-0.15, -0.1) is 0 Å². The number of piperidine rings is 1. The number of amides is 1. The van der Waals surface area contributed by atoms with Gasteiger partial charge in [0.1, 0.15) is 5.82 Å². The van der Waals surface area contributed by atoms with Crippen LogP contribution in [0.5, 0.6) is 0 Å². The molecule has 0 unspecified atom stereocenters. The van der Waals surface area contributed by atoms with E-state index in [2.05, 4.69) is 12.2 Å². The summed E-state index contributed by atoms with van der Waals surface area (Å²) < 4.78 is 40.4. The van der Waals surface area contributed by atoms with Gasteiger partial charge < -0.3 is 5.32 Å². The highest BCUT2D eigenvalue weighted by Crippen LogP contribution is 2.23. The van der Waals surface area contributed by atoms with Crippen molar-refractivity contribution in [1.29, 1.82) is 0 Å². The van der Waals surface area contributed by atoms with E-state index in [0.29, 0.717) is 19.4 Å². The molecule has 29 heavy (non-hydrogen) atoms. The average Bonchev–Trinajstić information content (AvgIpc) is 2.74. The Morgan fingerprint density at radius 2 is 1.72 bits per heavy atom. The second-order valence-corrected chi connectivity index (χ2v) is 9.55. The van der Waals surface area contributed by atoms with Crippen molar-refractivity contribution in [2.75, 3.05) is 19.6 Å². The Morgan fingerprint density at radius 3 is 2.38 bits per heavy atom. The molecule has 1 saturated heterocycles. The number of nitrogens with zero attached hydrogens (tertiary/aromatic N) is 1. The SMILES string of the molecule is C[C@@H](CNC(=O)C1CCN(S(=O)(=O)Cc2ccccc2F)CC1)c1ccccc1. The van der Waals surface area contributed by atoms with Crippen molar-refractivity contribution in [2.45, 2.75) is 31.4 Å². The third-order valence-electron chi connectivity index (χ3n) is 5.46. The molecule has 1 N–H and O–H groups in total. The van der Waals surface area contributed by atoms with Crippen molar-refractivity contribution in [3.63, 3.8) is 0 Å². The lowest BCUT2D eigenvalue weighted by molar-refractivity contribution is -0.126. The van der Waals surface area contributed by atoms with Crippen LogP contribution in [-0.4, -0.2) is 38.3 Å². The molecule has 5 nitrogen and oxygen atoms in total. The first-order valence-corrected chi connectivity index (χ1v) is 11.5. The molecule has 1 fully saturated rings. The van der Waals surface area contributed by atoms with Crippen molar-refractivity contribution >= 4 is 15.9 Å². The molecule has 2 aromatic carbocycles. The molecule has 0 radical (unpaired) electrons. The zero-order valence-corrected chi connectivity index (χ0v) is 17.4. The monoisotopic (exact) mass is 418 g/mol. The first kappa shape index (κ1) is 21.5. The van der Waals surface area contributed by atoms with Crippen LogP contribution in [-0.2, 0) is 20.6 Å². The molecule has 2 aromatic rings. The van der Waals surface area contributed by atoms with E-state index in [4.69, 9.17) is 0 Å². The van der Waals surface area contributed by atoms with Gasteiger partial charge in [-0.05, 0) is 30.4 Å². The molecule has 0 bridgehead atoms. The van der Waals surface area contributed by atoms with Crippen molar-refractivity contribution in [3.05, 3.63) is 71.5 Å². The van der Waals surface area contributed by atoms with Crippen LogP contribution in [0.1, 0.15) is 36.8 Å². The third kappa shape index (κ3) is 5.64. The summed E-state index contributed by atoms with van der Waals surface area (Å²) in [5.74, 6) is -0.887. The molecule has 7 heteroatoms. The Labute approximate surface area is 172 Å². The molecule has 1 aliphatic rings. The smallest absolute Gasteiger partial charge is 0.223 e. The van der Waals surface area contributed by atoms with Crippen molar-refractivity contribution < 1.29 is 17.6 Å². The van der Waals surface area contributed by atoms with Crippen LogP contribution < -0.4 is 5.32 Å². The molecule has 0 spiro atoms. The molecule has 1 heterocycles. The summed E-state index contributed by atoms with van der Waals surface area (Å²) >= 11 is 0. The van der Waals surface area contributed by atoms with Gasteiger partial charge in [0, 0.05) is 31.1 Å². The predicted molar refractivity (Wildman–Crippen MR) is 111 cm³/mol. The van der Waals surface area contributed by atoms with Gasteiger partial charge in [-0.3, -0.25) is 4.79 Å². The van der Waals surface area contributed by atoms with Crippen molar-refractivity contribution in [1.82, 2.24) is 9.62 Å². The van der Waals surface area contributed by atoms with Crippen LogP contribution in [0.2, 0.25) is 0 Å². The Hall–Kier alpha value is -2.25. The van der Waals surface area contributed by atoms with Gasteiger partial charge in [-0.2, -0.15) is 0 Å². The topological polar surface area (TPSA) is 66.5 Å². The van der Waals surface area contributed by atoms with Crippen LogP contribution in [0.15, 0.2) is 54.6 Å². The third-order valence-corrected chi connectivity index (χ3v) is 7.29. The second-order valence-electron chi connectivity index (χ2n) is 7.58. The Kier molecular flexibility index (Phi) is 7.03. The number of halogens is 1. The van der Waals surface area contributed by atoms with E-state index >= 15 is 0 Å². The van der Waals surface area contributed by atoms with E-state index < -0.39 is 15.8 Å². The zero-order chi connectivity index (χ0) is 20.9. The highest BCUT2D eigenvalue weighted by Gasteiger charge is 2.31. The maximum absolute atomic E-state index is 13.8. The first-order valence-electron chi connectivity index (χ1n) is 9.90. The fraction of sp³-hybridized carbons (Fsp3) is 0.409. The van der Waals surface area contributed by atoms with Crippen molar-refractivity contribution in [2.24, 2.45) is 5.92 Å². The van der Waals surface area contributed by atoms with E-state index in [9.17, 15) is 17.6 Å². The summed E-state index contributed by atoms with van der Waals surface area (Å²) in [6, 6.07) is 15.9. The molecule has 3 rings (SSSR count). The Morgan fingerprint density at radius 1 is 1.10 bits per heavy atom. The van der Waals surface area contributed by atoms with Gasteiger partial charge in [0.25, 0.3) is 0 Å². The number of hydrogen-bond donors (Lipinski definition) is 1. The lowest BCUT2D eigenvalue weighted by atomic mass is 9.96. The van der Waals surface area contributed by atoms with Crippen molar-refractivity contribution in [3.8, 4) is 0 Å². The number of hydrogen-bond acceptors (Lipinski definition) is 3. The minimum absolute atomic E-state index is 0.0288. The highest BCUT2D eigenvalue weighted by atomic mass is 32.2. The lowest BCUT2D eigenvalue weighted by Crippen LogP contribution is -2.43. The molecule has 0 aromatic heterocycles. The average molecular weight is 419 g/mol. The van der Waals surface area contributed by atoms with Crippen LogP contribution in [0.3, 0.4) is 0 Å². The van der Waals surface area contributed by atoms with E-state index in [0.717, 1.165) is 0 Å². The van der Waals surface area contributed by atoms with Gasteiger partial charge in [0.15, 0.2) is 0 Å². The molecule has 156 valence electrons. The molecule has 0 aliphatic carbocycles. The van der Waals surface area contributed by atoms with Crippen LogP contribution >= 0.6 is 0 Å². The van der Waals surface area contributed by atoms with Crippen LogP contribution in [0, 0.1) is 11.7 Å². The first-order chi connectivity index (χ1) is 13.9. The lowest BCUT2D eigenvalue weighted by Gasteiger charge is -2.30. The molecule has 0 saturated carbocycles.